The molecule has 1 aromatic rings. The van der Waals surface area contributed by atoms with Gasteiger partial charge in [0.2, 0.25) is 0 Å². The van der Waals surface area contributed by atoms with Gasteiger partial charge in [-0.25, -0.2) is 4.39 Å². The summed E-state index contributed by atoms with van der Waals surface area (Å²) in [7, 11) is 3.35. The molecule has 0 fully saturated rings. The van der Waals surface area contributed by atoms with E-state index in [2.05, 4.69) is 4.90 Å². The first-order valence-electron chi connectivity index (χ1n) is 6.82. The third kappa shape index (κ3) is 4.83. The van der Waals surface area contributed by atoms with E-state index >= 15 is 0 Å². The largest absolute Gasteiger partial charge is 0.383 e. The first-order chi connectivity index (χ1) is 9.63. The first-order valence-corrected chi connectivity index (χ1v) is 6.82. The molecule has 0 bridgehead atoms. The van der Waals surface area contributed by atoms with E-state index in [1.165, 1.54) is 6.07 Å². The fourth-order valence-electron chi connectivity index (χ4n) is 2.33. The van der Waals surface area contributed by atoms with Crippen LogP contribution in [0.25, 0.3) is 0 Å². The number of methoxy groups -OCH3 is 2. The second-order valence-electron chi connectivity index (χ2n) is 4.77. The van der Waals surface area contributed by atoms with E-state index in [9.17, 15) is 4.39 Å². The third-order valence-electron chi connectivity index (χ3n) is 3.42. The first kappa shape index (κ1) is 17.0. The molecule has 0 radical (unpaired) electrons. The van der Waals surface area contributed by atoms with Gasteiger partial charge < -0.3 is 15.2 Å². The highest BCUT2D eigenvalue weighted by Gasteiger charge is 2.20. The van der Waals surface area contributed by atoms with Gasteiger partial charge in [0.15, 0.2) is 0 Å². The lowest BCUT2D eigenvalue weighted by Crippen LogP contribution is -2.38. The maximum atomic E-state index is 13.2. The molecule has 0 aliphatic carbocycles. The van der Waals surface area contributed by atoms with E-state index in [0.29, 0.717) is 19.8 Å². The molecular formula is C15H25FN2O2. The quantitative estimate of drug-likeness (QED) is 0.750. The molecule has 114 valence electrons. The molecule has 0 heterocycles. The molecule has 0 amide bonds. The van der Waals surface area contributed by atoms with E-state index in [-0.39, 0.29) is 11.9 Å². The molecule has 0 aliphatic heterocycles. The van der Waals surface area contributed by atoms with Crippen LogP contribution in [0.1, 0.15) is 17.2 Å². The predicted molar refractivity (Wildman–Crippen MR) is 78.3 cm³/mol. The van der Waals surface area contributed by atoms with Crippen molar-refractivity contribution in [2.45, 2.75) is 13.0 Å². The summed E-state index contributed by atoms with van der Waals surface area (Å²) in [5.74, 6) is -0.220. The summed E-state index contributed by atoms with van der Waals surface area (Å²) in [6, 6.07) is 4.88. The second kappa shape index (κ2) is 9.02. The zero-order valence-electron chi connectivity index (χ0n) is 12.6. The van der Waals surface area contributed by atoms with E-state index < -0.39 is 0 Å². The molecule has 1 atom stereocenters. The fraction of sp³-hybridized carbons (Fsp3) is 0.600. The van der Waals surface area contributed by atoms with Crippen LogP contribution in [0.4, 0.5) is 4.39 Å². The Hall–Kier alpha value is -1.01. The highest BCUT2D eigenvalue weighted by atomic mass is 19.1. The van der Waals surface area contributed by atoms with Gasteiger partial charge in [-0.2, -0.15) is 0 Å². The van der Waals surface area contributed by atoms with Crippen molar-refractivity contribution in [1.82, 2.24) is 4.90 Å². The molecule has 1 aromatic carbocycles. The summed E-state index contributed by atoms with van der Waals surface area (Å²) in [5.41, 5.74) is 7.91. The molecule has 0 spiro atoms. The van der Waals surface area contributed by atoms with Gasteiger partial charge in [-0.3, -0.25) is 4.90 Å². The average Bonchev–Trinajstić information content (AvgIpc) is 2.43. The van der Waals surface area contributed by atoms with Crippen LogP contribution in [-0.4, -0.2) is 52.0 Å². The SMILES string of the molecule is COCCN(CCOC)C(CN)c1ccc(F)cc1C. The van der Waals surface area contributed by atoms with Crippen LogP contribution in [0.2, 0.25) is 0 Å². The smallest absolute Gasteiger partial charge is 0.123 e. The fourth-order valence-corrected chi connectivity index (χ4v) is 2.33. The number of nitrogens with zero attached hydrogens (tertiary/aromatic N) is 1. The molecule has 1 unspecified atom stereocenters. The maximum absolute atomic E-state index is 13.2. The minimum Gasteiger partial charge on any atom is -0.383 e. The molecule has 5 heteroatoms. The monoisotopic (exact) mass is 284 g/mol. The standard InChI is InChI=1S/C15H25FN2O2/c1-12-10-13(16)4-5-14(12)15(11-17)18(6-8-19-2)7-9-20-3/h4-5,10,15H,6-9,11,17H2,1-3H3. The number of hydrogen-bond donors (Lipinski definition) is 1. The van der Waals surface area contributed by atoms with Crippen molar-refractivity contribution >= 4 is 0 Å². The van der Waals surface area contributed by atoms with Crippen LogP contribution in [-0.2, 0) is 9.47 Å². The Morgan fingerprint density at radius 3 is 2.25 bits per heavy atom. The van der Waals surface area contributed by atoms with Crippen LogP contribution in [0.15, 0.2) is 18.2 Å². The summed E-state index contributed by atoms with van der Waals surface area (Å²) in [6.07, 6.45) is 0. The Morgan fingerprint density at radius 2 is 1.80 bits per heavy atom. The Morgan fingerprint density at radius 1 is 1.20 bits per heavy atom. The highest BCUT2D eigenvalue weighted by Crippen LogP contribution is 2.23. The van der Waals surface area contributed by atoms with Gasteiger partial charge in [-0.1, -0.05) is 6.07 Å². The van der Waals surface area contributed by atoms with Crippen molar-refractivity contribution in [3.63, 3.8) is 0 Å². The number of aryl methyl sites for hydroxylation is 1. The number of ether oxygens (including phenoxy) is 2. The van der Waals surface area contributed by atoms with Crippen molar-refractivity contribution < 1.29 is 13.9 Å². The van der Waals surface area contributed by atoms with Crippen LogP contribution in [0.5, 0.6) is 0 Å². The molecule has 0 saturated heterocycles. The number of halogens is 1. The van der Waals surface area contributed by atoms with Gasteiger partial charge >= 0.3 is 0 Å². The average molecular weight is 284 g/mol. The van der Waals surface area contributed by atoms with Crippen molar-refractivity contribution in [2.75, 3.05) is 47.1 Å². The molecular weight excluding hydrogens is 259 g/mol. The molecule has 0 aromatic heterocycles. The minimum absolute atomic E-state index is 0.0425. The third-order valence-corrected chi connectivity index (χ3v) is 3.42. The molecule has 0 aliphatic rings. The molecule has 20 heavy (non-hydrogen) atoms. The zero-order chi connectivity index (χ0) is 15.0. The second-order valence-corrected chi connectivity index (χ2v) is 4.77. The lowest BCUT2D eigenvalue weighted by molar-refractivity contribution is 0.0889. The van der Waals surface area contributed by atoms with Crippen molar-refractivity contribution in [1.29, 1.82) is 0 Å². The summed E-state index contributed by atoms with van der Waals surface area (Å²) >= 11 is 0. The number of benzene rings is 1. The van der Waals surface area contributed by atoms with E-state index in [4.69, 9.17) is 15.2 Å². The van der Waals surface area contributed by atoms with Crippen molar-refractivity contribution in [2.24, 2.45) is 5.73 Å². The Kier molecular flexibility index (Phi) is 7.69. The minimum atomic E-state index is -0.220. The Bertz CT molecular complexity index is 393. The van der Waals surface area contributed by atoms with Crippen LogP contribution >= 0.6 is 0 Å². The summed E-state index contributed by atoms with van der Waals surface area (Å²) in [4.78, 5) is 2.22. The van der Waals surface area contributed by atoms with Gasteiger partial charge in [0.05, 0.1) is 13.2 Å². The predicted octanol–water partition coefficient (Wildman–Crippen LogP) is 1.73. The lowest BCUT2D eigenvalue weighted by Gasteiger charge is -2.31. The van der Waals surface area contributed by atoms with Crippen LogP contribution < -0.4 is 5.73 Å². The normalized spacial score (nSPS) is 12.9. The maximum Gasteiger partial charge on any atom is 0.123 e. The summed E-state index contributed by atoms with van der Waals surface area (Å²) in [5, 5.41) is 0. The molecule has 2 N–H and O–H groups in total. The topological polar surface area (TPSA) is 47.7 Å². The van der Waals surface area contributed by atoms with Crippen molar-refractivity contribution in [3.8, 4) is 0 Å². The van der Waals surface area contributed by atoms with E-state index in [0.717, 1.165) is 24.2 Å². The number of hydrogen-bond acceptors (Lipinski definition) is 4. The van der Waals surface area contributed by atoms with Gasteiger partial charge in [0.1, 0.15) is 5.82 Å². The lowest BCUT2D eigenvalue weighted by atomic mass is 9.99. The van der Waals surface area contributed by atoms with Gasteiger partial charge in [-0.15, -0.1) is 0 Å². The zero-order valence-corrected chi connectivity index (χ0v) is 12.6. The Balaban J connectivity index is 2.92. The van der Waals surface area contributed by atoms with Crippen molar-refractivity contribution in [3.05, 3.63) is 35.1 Å². The van der Waals surface area contributed by atoms with Crippen LogP contribution in [0, 0.1) is 12.7 Å². The number of nitrogens with two attached hydrogens (primary N) is 1. The summed E-state index contributed by atoms with van der Waals surface area (Å²) < 4.78 is 23.5. The Labute approximate surface area is 120 Å². The van der Waals surface area contributed by atoms with Gasteiger partial charge in [0.25, 0.3) is 0 Å². The van der Waals surface area contributed by atoms with E-state index in [1.807, 2.05) is 13.0 Å². The molecule has 1 rings (SSSR count). The molecule has 0 saturated carbocycles. The van der Waals surface area contributed by atoms with E-state index in [1.54, 1.807) is 20.3 Å². The number of rotatable bonds is 9. The van der Waals surface area contributed by atoms with Gasteiger partial charge in [0, 0.05) is 39.9 Å². The van der Waals surface area contributed by atoms with Gasteiger partial charge in [-0.05, 0) is 30.2 Å². The summed E-state index contributed by atoms with van der Waals surface area (Å²) in [6.45, 7) is 5.16. The van der Waals surface area contributed by atoms with Crippen LogP contribution in [0.3, 0.4) is 0 Å². The highest BCUT2D eigenvalue weighted by molar-refractivity contribution is 5.30. The molecule has 4 nitrogen and oxygen atoms in total.